The number of halogens is 3. The van der Waals surface area contributed by atoms with Crippen molar-refractivity contribution in [3.05, 3.63) is 35.1 Å². The van der Waals surface area contributed by atoms with Crippen molar-refractivity contribution in [2.24, 2.45) is 5.92 Å². The van der Waals surface area contributed by atoms with E-state index < -0.39 is 17.5 Å². The Hall–Kier alpha value is -1.03. The van der Waals surface area contributed by atoms with Crippen LogP contribution in [0.3, 0.4) is 0 Å². The van der Waals surface area contributed by atoms with E-state index in [1.165, 1.54) is 12.8 Å². The van der Waals surface area contributed by atoms with Crippen molar-refractivity contribution in [1.29, 1.82) is 0 Å². The Bertz CT molecular complexity index is 388. The summed E-state index contributed by atoms with van der Waals surface area (Å²) in [5.41, 5.74) is 0.449. The third kappa shape index (κ3) is 3.25. The molecule has 0 heterocycles. The number of benzene rings is 1. The van der Waals surface area contributed by atoms with E-state index >= 15 is 0 Å². The maximum absolute atomic E-state index is 13.0. The molecule has 1 N–H and O–H groups in total. The lowest BCUT2D eigenvalue weighted by Gasteiger charge is -2.27. The molecule has 100 valence electrons. The van der Waals surface area contributed by atoms with Crippen LogP contribution in [0.15, 0.2) is 12.1 Å². The van der Waals surface area contributed by atoms with Gasteiger partial charge in [0.1, 0.15) is 0 Å². The summed E-state index contributed by atoms with van der Waals surface area (Å²) in [7, 11) is 0. The maximum atomic E-state index is 13.0. The molecular formula is C14H18F3N. The van der Waals surface area contributed by atoms with Crippen LogP contribution in [0.25, 0.3) is 0 Å². The van der Waals surface area contributed by atoms with Crippen LogP contribution in [-0.4, -0.2) is 6.04 Å². The van der Waals surface area contributed by atoms with Crippen molar-refractivity contribution in [1.82, 2.24) is 5.32 Å². The van der Waals surface area contributed by atoms with Crippen LogP contribution in [-0.2, 0) is 6.54 Å². The van der Waals surface area contributed by atoms with Crippen LogP contribution in [0.1, 0.15) is 38.2 Å². The highest BCUT2D eigenvalue weighted by Crippen LogP contribution is 2.23. The summed E-state index contributed by atoms with van der Waals surface area (Å²) in [5.74, 6) is -2.87. The molecule has 1 saturated carbocycles. The summed E-state index contributed by atoms with van der Waals surface area (Å²) < 4.78 is 38.8. The van der Waals surface area contributed by atoms with Crippen molar-refractivity contribution >= 4 is 0 Å². The van der Waals surface area contributed by atoms with Crippen LogP contribution in [0.2, 0.25) is 0 Å². The fraction of sp³-hybridized carbons (Fsp3) is 0.571. The summed E-state index contributed by atoms with van der Waals surface area (Å²) in [6.07, 6.45) is 4.55. The molecule has 1 aliphatic carbocycles. The van der Waals surface area contributed by atoms with Crippen LogP contribution in [0.5, 0.6) is 0 Å². The van der Waals surface area contributed by atoms with Gasteiger partial charge in [-0.2, -0.15) is 0 Å². The lowest BCUT2D eigenvalue weighted by Crippen LogP contribution is -2.32. The largest absolute Gasteiger partial charge is 0.310 e. The molecule has 0 aliphatic heterocycles. The first-order valence-electron chi connectivity index (χ1n) is 6.43. The number of hydrogen-bond donors (Lipinski definition) is 1. The predicted molar refractivity (Wildman–Crippen MR) is 64.6 cm³/mol. The second kappa shape index (κ2) is 5.74. The highest BCUT2D eigenvalue weighted by molar-refractivity contribution is 5.19. The molecule has 0 aromatic heterocycles. The van der Waals surface area contributed by atoms with Crippen LogP contribution in [0.4, 0.5) is 13.2 Å². The minimum absolute atomic E-state index is 0.382. The van der Waals surface area contributed by atoms with Gasteiger partial charge in [-0.25, -0.2) is 13.2 Å². The fourth-order valence-corrected chi connectivity index (χ4v) is 2.44. The Kier molecular flexibility index (Phi) is 4.27. The molecule has 18 heavy (non-hydrogen) atoms. The van der Waals surface area contributed by atoms with Gasteiger partial charge < -0.3 is 5.32 Å². The standard InChI is InChI=1S/C14H18F3N/c1-9-2-4-11(5-3-9)18-8-10-6-12(15)14(17)13(16)7-10/h6-7,9,11,18H,2-5,8H2,1H3. The van der Waals surface area contributed by atoms with E-state index in [0.717, 1.165) is 30.9 Å². The summed E-state index contributed by atoms with van der Waals surface area (Å²) in [5, 5.41) is 3.28. The van der Waals surface area contributed by atoms with Crippen molar-refractivity contribution in [2.75, 3.05) is 0 Å². The molecule has 1 fully saturated rings. The Morgan fingerprint density at radius 3 is 2.17 bits per heavy atom. The molecule has 0 unspecified atom stereocenters. The van der Waals surface area contributed by atoms with E-state index in [9.17, 15) is 13.2 Å². The van der Waals surface area contributed by atoms with Gasteiger partial charge in [-0.1, -0.05) is 6.92 Å². The first-order chi connectivity index (χ1) is 8.56. The number of hydrogen-bond acceptors (Lipinski definition) is 1. The van der Waals surface area contributed by atoms with Crippen molar-refractivity contribution in [2.45, 2.75) is 45.2 Å². The molecule has 0 spiro atoms. The van der Waals surface area contributed by atoms with E-state index in [4.69, 9.17) is 0 Å². The van der Waals surface area contributed by atoms with E-state index in [2.05, 4.69) is 12.2 Å². The van der Waals surface area contributed by atoms with Gasteiger partial charge in [0.2, 0.25) is 0 Å². The molecule has 1 aromatic rings. The monoisotopic (exact) mass is 257 g/mol. The second-order valence-electron chi connectivity index (χ2n) is 5.21. The molecule has 0 atom stereocenters. The van der Waals surface area contributed by atoms with E-state index in [-0.39, 0.29) is 0 Å². The average molecular weight is 257 g/mol. The van der Waals surface area contributed by atoms with Crippen molar-refractivity contribution in [3.8, 4) is 0 Å². The van der Waals surface area contributed by atoms with Gasteiger partial charge in [-0.3, -0.25) is 0 Å². The zero-order chi connectivity index (χ0) is 13.1. The topological polar surface area (TPSA) is 12.0 Å². The molecule has 1 aromatic carbocycles. The van der Waals surface area contributed by atoms with Crippen LogP contribution < -0.4 is 5.32 Å². The molecule has 0 radical (unpaired) electrons. The molecular weight excluding hydrogens is 239 g/mol. The van der Waals surface area contributed by atoms with E-state index in [0.29, 0.717) is 18.2 Å². The zero-order valence-corrected chi connectivity index (χ0v) is 10.5. The van der Waals surface area contributed by atoms with Gasteiger partial charge in [0.15, 0.2) is 17.5 Å². The molecule has 2 rings (SSSR count). The molecule has 0 bridgehead atoms. The Labute approximate surface area is 105 Å². The smallest absolute Gasteiger partial charge is 0.194 e. The summed E-state index contributed by atoms with van der Waals surface area (Å²) in [6, 6.07) is 2.51. The second-order valence-corrected chi connectivity index (χ2v) is 5.21. The zero-order valence-electron chi connectivity index (χ0n) is 10.5. The Morgan fingerprint density at radius 2 is 1.61 bits per heavy atom. The van der Waals surface area contributed by atoms with Gasteiger partial charge >= 0.3 is 0 Å². The van der Waals surface area contributed by atoms with Crippen molar-refractivity contribution < 1.29 is 13.2 Å². The third-order valence-corrected chi connectivity index (χ3v) is 3.65. The van der Waals surface area contributed by atoms with Gasteiger partial charge in [0.05, 0.1) is 0 Å². The van der Waals surface area contributed by atoms with E-state index in [1.54, 1.807) is 0 Å². The van der Waals surface area contributed by atoms with Gasteiger partial charge in [-0.15, -0.1) is 0 Å². The molecule has 0 saturated heterocycles. The molecule has 4 heteroatoms. The number of nitrogens with one attached hydrogen (secondary N) is 1. The SMILES string of the molecule is CC1CCC(NCc2cc(F)c(F)c(F)c2)CC1. The molecule has 0 amide bonds. The third-order valence-electron chi connectivity index (χ3n) is 3.65. The van der Waals surface area contributed by atoms with Crippen LogP contribution >= 0.6 is 0 Å². The fourth-order valence-electron chi connectivity index (χ4n) is 2.44. The van der Waals surface area contributed by atoms with Crippen molar-refractivity contribution in [3.63, 3.8) is 0 Å². The van der Waals surface area contributed by atoms with Crippen LogP contribution in [0, 0.1) is 23.4 Å². The first kappa shape index (κ1) is 13.4. The molecule has 1 nitrogen and oxygen atoms in total. The number of rotatable bonds is 3. The lowest BCUT2D eigenvalue weighted by molar-refractivity contribution is 0.306. The quantitative estimate of drug-likeness (QED) is 0.813. The summed E-state index contributed by atoms with van der Waals surface area (Å²) >= 11 is 0. The minimum atomic E-state index is -1.40. The molecule has 1 aliphatic rings. The normalized spacial score (nSPS) is 24.2. The van der Waals surface area contributed by atoms with Gasteiger partial charge in [0.25, 0.3) is 0 Å². The highest BCUT2D eigenvalue weighted by atomic mass is 19.2. The minimum Gasteiger partial charge on any atom is -0.310 e. The Balaban J connectivity index is 1.90. The summed E-state index contributed by atoms with van der Waals surface area (Å²) in [6.45, 7) is 2.62. The summed E-state index contributed by atoms with van der Waals surface area (Å²) in [4.78, 5) is 0. The highest BCUT2D eigenvalue weighted by Gasteiger charge is 2.18. The average Bonchev–Trinajstić information content (AvgIpc) is 2.35. The predicted octanol–water partition coefficient (Wildman–Crippen LogP) is 3.77. The lowest BCUT2D eigenvalue weighted by atomic mass is 9.87. The maximum Gasteiger partial charge on any atom is 0.194 e. The van der Waals surface area contributed by atoms with Gasteiger partial charge in [-0.05, 0) is 49.3 Å². The first-order valence-corrected chi connectivity index (χ1v) is 6.43. The Morgan fingerprint density at radius 1 is 1.06 bits per heavy atom. The van der Waals surface area contributed by atoms with E-state index in [1.807, 2.05) is 0 Å². The van der Waals surface area contributed by atoms with Gasteiger partial charge in [0, 0.05) is 12.6 Å².